The van der Waals surface area contributed by atoms with Gasteiger partial charge in [0.1, 0.15) is 0 Å². The zero-order valence-electron chi connectivity index (χ0n) is 17.3. The highest BCUT2D eigenvalue weighted by Gasteiger charge is 2.19. The minimum atomic E-state index is 0.438. The first-order valence-corrected chi connectivity index (χ1v) is 10.8. The SMILES string of the molecule is NCCOCCOCCNc1nc(NC2CCCCC2)nc(N2CCOCC2)n1. The molecule has 1 saturated carbocycles. The van der Waals surface area contributed by atoms with Gasteiger partial charge in [-0.2, -0.15) is 15.0 Å². The Bertz CT molecular complexity index is 581. The lowest BCUT2D eigenvalue weighted by Crippen LogP contribution is -2.38. The van der Waals surface area contributed by atoms with Crippen LogP contribution in [0.25, 0.3) is 0 Å². The Labute approximate surface area is 172 Å². The van der Waals surface area contributed by atoms with Gasteiger partial charge in [-0.25, -0.2) is 0 Å². The van der Waals surface area contributed by atoms with E-state index >= 15 is 0 Å². The molecule has 0 radical (unpaired) electrons. The monoisotopic (exact) mass is 409 g/mol. The third kappa shape index (κ3) is 7.88. The van der Waals surface area contributed by atoms with Crippen LogP contribution in [0.5, 0.6) is 0 Å². The van der Waals surface area contributed by atoms with Crippen molar-refractivity contribution in [3.8, 4) is 0 Å². The summed E-state index contributed by atoms with van der Waals surface area (Å²) in [5.74, 6) is 1.91. The van der Waals surface area contributed by atoms with E-state index in [1.54, 1.807) is 0 Å². The summed E-state index contributed by atoms with van der Waals surface area (Å²) in [5, 5.41) is 6.77. The maximum absolute atomic E-state index is 5.56. The van der Waals surface area contributed by atoms with E-state index in [2.05, 4.69) is 30.5 Å². The van der Waals surface area contributed by atoms with E-state index in [9.17, 15) is 0 Å². The molecule has 1 saturated heterocycles. The van der Waals surface area contributed by atoms with Gasteiger partial charge >= 0.3 is 0 Å². The van der Waals surface area contributed by atoms with Gasteiger partial charge in [0.15, 0.2) is 0 Å². The van der Waals surface area contributed by atoms with E-state index in [-0.39, 0.29) is 0 Å². The summed E-state index contributed by atoms with van der Waals surface area (Å²) in [7, 11) is 0. The zero-order chi connectivity index (χ0) is 20.2. The van der Waals surface area contributed by atoms with Gasteiger partial charge in [-0.15, -0.1) is 0 Å². The van der Waals surface area contributed by atoms with E-state index in [1.807, 2.05) is 0 Å². The number of rotatable bonds is 12. The van der Waals surface area contributed by atoms with Crippen molar-refractivity contribution in [2.24, 2.45) is 5.73 Å². The average molecular weight is 410 g/mol. The third-order valence-electron chi connectivity index (χ3n) is 5.02. The number of hydrogen-bond acceptors (Lipinski definition) is 10. The second kappa shape index (κ2) is 12.7. The zero-order valence-corrected chi connectivity index (χ0v) is 17.3. The van der Waals surface area contributed by atoms with Crippen LogP contribution in [0.15, 0.2) is 0 Å². The molecule has 1 aromatic heterocycles. The standard InChI is InChI=1S/C19H35N7O3/c20-6-10-27-14-15-28-11-7-21-17-23-18(22-16-4-2-1-3-5-16)25-19(24-17)26-8-12-29-13-9-26/h16H,1-15,20H2,(H2,21,22,23,24,25). The van der Waals surface area contributed by atoms with E-state index in [0.29, 0.717) is 76.6 Å². The van der Waals surface area contributed by atoms with Crippen LogP contribution in [0, 0.1) is 0 Å². The predicted octanol–water partition coefficient (Wildman–Crippen LogP) is 0.857. The highest BCUT2D eigenvalue weighted by molar-refractivity contribution is 5.44. The molecule has 1 aliphatic carbocycles. The summed E-state index contributed by atoms with van der Waals surface area (Å²) in [5.41, 5.74) is 5.38. The van der Waals surface area contributed by atoms with Crippen LogP contribution < -0.4 is 21.3 Å². The van der Waals surface area contributed by atoms with E-state index in [1.165, 1.54) is 32.1 Å². The van der Waals surface area contributed by atoms with Gasteiger partial charge < -0.3 is 35.5 Å². The summed E-state index contributed by atoms with van der Waals surface area (Å²) in [6.45, 7) is 6.34. The molecule has 0 atom stereocenters. The summed E-state index contributed by atoms with van der Waals surface area (Å²) in [4.78, 5) is 16.0. The summed E-state index contributed by atoms with van der Waals surface area (Å²) >= 11 is 0. The lowest BCUT2D eigenvalue weighted by Gasteiger charge is -2.28. The molecule has 2 heterocycles. The second-order valence-electron chi connectivity index (χ2n) is 7.30. The molecule has 1 aromatic rings. The normalized spacial score (nSPS) is 18.0. The van der Waals surface area contributed by atoms with Crippen LogP contribution in [0.4, 0.5) is 17.8 Å². The molecule has 2 aliphatic rings. The number of morpholine rings is 1. The summed E-state index contributed by atoms with van der Waals surface area (Å²) < 4.78 is 16.3. The van der Waals surface area contributed by atoms with Crippen LogP contribution in [-0.4, -0.2) is 86.8 Å². The second-order valence-corrected chi connectivity index (χ2v) is 7.30. The molecule has 2 fully saturated rings. The number of hydrogen-bond donors (Lipinski definition) is 3. The van der Waals surface area contributed by atoms with Crippen molar-refractivity contribution in [2.75, 3.05) is 81.4 Å². The molecule has 0 aromatic carbocycles. The Hall–Kier alpha value is -1.75. The molecular formula is C19H35N7O3. The van der Waals surface area contributed by atoms with Crippen LogP contribution >= 0.6 is 0 Å². The van der Waals surface area contributed by atoms with Crippen molar-refractivity contribution in [3.63, 3.8) is 0 Å². The number of nitrogens with zero attached hydrogens (tertiary/aromatic N) is 4. The Kier molecular flexibility index (Phi) is 9.64. The summed E-state index contributed by atoms with van der Waals surface area (Å²) in [6, 6.07) is 0.438. The van der Waals surface area contributed by atoms with Crippen molar-refractivity contribution in [2.45, 2.75) is 38.1 Å². The molecule has 4 N–H and O–H groups in total. The van der Waals surface area contributed by atoms with Crippen molar-refractivity contribution >= 4 is 17.8 Å². The van der Waals surface area contributed by atoms with Gasteiger partial charge in [0.2, 0.25) is 17.8 Å². The average Bonchev–Trinajstić information content (AvgIpc) is 2.77. The topological polar surface area (TPSA) is 120 Å². The molecular weight excluding hydrogens is 374 g/mol. The first-order chi connectivity index (χ1) is 14.3. The molecule has 29 heavy (non-hydrogen) atoms. The highest BCUT2D eigenvalue weighted by atomic mass is 16.5. The smallest absolute Gasteiger partial charge is 0.232 e. The molecule has 3 rings (SSSR count). The van der Waals surface area contributed by atoms with Crippen LogP contribution in [0.3, 0.4) is 0 Å². The van der Waals surface area contributed by atoms with Gasteiger partial charge in [0, 0.05) is 32.2 Å². The number of ether oxygens (including phenoxy) is 3. The van der Waals surface area contributed by atoms with Crippen LogP contribution in [0.2, 0.25) is 0 Å². The maximum Gasteiger partial charge on any atom is 0.232 e. The van der Waals surface area contributed by atoms with Gasteiger partial charge in [0.05, 0.1) is 39.6 Å². The van der Waals surface area contributed by atoms with Crippen molar-refractivity contribution in [3.05, 3.63) is 0 Å². The predicted molar refractivity (Wildman–Crippen MR) is 113 cm³/mol. The minimum Gasteiger partial charge on any atom is -0.378 e. The first-order valence-electron chi connectivity index (χ1n) is 10.8. The quantitative estimate of drug-likeness (QED) is 0.429. The van der Waals surface area contributed by atoms with Crippen LogP contribution in [-0.2, 0) is 14.2 Å². The number of nitrogens with one attached hydrogen (secondary N) is 2. The minimum absolute atomic E-state index is 0.438. The maximum atomic E-state index is 5.56. The Morgan fingerprint density at radius 3 is 2.41 bits per heavy atom. The molecule has 0 amide bonds. The Morgan fingerprint density at radius 1 is 0.931 bits per heavy atom. The molecule has 164 valence electrons. The first kappa shape index (κ1) is 21.9. The highest BCUT2D eigenvalue weighted by Crippen LogP contribution is 2.22. The molecule has 1 aliphatic heterocycles. The molecule has 0 bridgehead atoms. The van der Waals surface area contributed by atoms with Crippen LogP contribution in [0.1, 0.15) is 32.1 Å². The van der Waals surface area contributed by atoms with E-state index < -0.39 is 0 Å². The Morgan fingerprint density at radius 2 is 1.66 bits per heavy atom. The fourth-order valence-electron chi connectivity index (χ4n) is 3.48. The van der Waals surface area contributed by atoms with E-state index in [4.69, 9.17) is 19.9 Å². The van der Waals surface area contributed by atoms with Gasteiger partial charge in [0.25, 0.3) is 0 Å². The van der Waals surface area contributed by atoms with Gasteiger partial charge in [-0.1, -0.05) is 19.3 Å². The van der Waals surface area contributed by atoms with Gasteiger partial charge in [-0.3, -0.25) is 0 Å². The number of nitrogens with two attached hydrogens (primary N) is 1. The van der Waals surface area contributed by atoms with Gasteiger partial charge in [-0.05, 0) is 12.8 Å². The lowest BCUT2D eigenvalue weighted by molar-refractivity contribution is 0.0547. The largest absolute Gasteiger partial charge is 0.378 e. The fraction of sp³-hybridized carbons (Fsp3) is 0.842. The molecule has 10 heteroatoms. The molecule has 0 unspecified atom stereocenters. The molecule has 0 spiro atoms. The lowest BCUT2D eigenvalue weighted by atomic mass is 9.96. The Balaban J connectivity index is 1.53. The summed E-state index contributed by atoms with van der Waals surface area (Å²) in [6.07, 6.45) is 6.17. The molecule has 10 nitrogen and oxygen atoms in total. The van der Waals surface area contributed by atoms with Crippen molar-refractivity contribution in [1.29, 1.82) is 0 Å². The van der Waals surface area contributed by atoms with E-state index in [0.717, 1.165) is 13.1 Å². The third-order valence-corrected chi connectivity index (χ3v) is 5.02. The number of anilines is 3. The fourth-order valence-corrected chi connectivity index (χ4v) is 3.48. The number of aromatic nitrogens is 3. The van der Waals surface area contributed by atoms with Crippen molar-refractivity contribution in [1.82, 2.24) is 15.0 Å². The van der Waals surface area contributed by atoms with Crippen molar-refractivity contribution < 1.29 is 14.2 Å².